The van der Waals surface area contributed by atoms with Gasteiger partial charge in [-0.15, -0.1) is 0 Å². The van der Waals surface area contributed by atoms with E-state index in [1.165, 1.54) is 30.3 Å². The minimum absolute atomic E-state index is 0.00706. The minimum Gasteiger partial charge on any atom is -0.490 e. The number of primary sulfonamides is 1. The van der Waals surface area contributed by atoms with Crippen LogP contribution in [0.4, 0.5) is 0 Å². The second-order valence-corrected chi connectivity index (χ2v) is 6.78. The monoisotopic (exact) mass is 361 g/mol. The first-order valence-corrected chi connectivity index (χ1v) is 9.07. The maximum absolute atomic E-state index is 11.6. The van der Waals surface area contributed by atoms with Crippen LogP contribution in [0.3, 0.4) is 0 Å². The second kappa shape index (κ2) is 8.46. The number of benzene rings is 2. The lowest BCUT2D eigenvalue weighted by Gasteiger charge is -2.07. The number of esters is 1. The van der Waals surface area contributed by atoms with Crippen molar-refractivity contribution in [1.29, 1.82) is 0 Å². The Labute approximate surface area is 146 Å². The predicted molar refractivity (Wildman–Crippen MR) is 94.5 cm³/mol. The minimum atomic E-state index is -3.72. The van der Waals surface area contributed by atoms with Crippen molar-refractivity contribution >= 4 is 22.1 Å². The van der Waals surface area contributed by atoms with Gasteiger partial charge in [-0.05, 0) is 48.4 Å². The van der Waals surface area contributed by atoms with Crippen molar-refractivity contribution in [2.45, 2.75) is 11.8 Å². The zero-order chi connectivity index (χ0) is 18.3. The molecule has 2 rings (SSSR count). The Bertz CT molecular complexity index is 857. The van der Waals surface area contributed by atoms with Gasteiger partial charge in [-0.2, -0.15) is 0 Å². The van der Waals surface area contributed by atoms with Crippen molar-refractivity contribution in [3.63, 3.8) is 0 Å². The zero-order valence-corrected chi connectivity index (χ0v) is 14.5. The third-order valence-corrected chi connectivity index (χ3v) is 4.27. The van der Waals surface area contributed by atoms with Gasteiger partial charge in [-0.25, -0.2) is 18.4 Å². The van der Waals surface area contributed by atoms with Crippen LogP contribution in [-0.2, 0) is 19.6 Å². The molecule has 2 N–H and O–H groups in total. The molecule has 0 fully saturated rings. The van der Waals surface area contributed by atoms with Gasteiger partial charge in [0.25, 0.3) is 0 Å². The number of rotatable bonds is 7. The summed E-state index contributed by atoms with van der Waals surface area (Å²) in [6.07, 6.45) is 3.06. The number of aryl methyl sites for hydroxylation is 1. The van der Waals surface area contributed by atoms with E-state index in [9.17, 15) is 13.2 Å². The van der Waals surface area contributed by atoms with E-state index in [1.807, 2.05) is 31.2 Å². The fourth-order valence-electron chi connectivity index (χ4n) is 2.01. The molecular weight excluding hydrogens is 342 g/mol. The average Bonchev–Trinajstić information content (AvgIpc) is 2.57. The number of hydrogen-bond donors (Lipinski definition) is 1. The summed E-state index contributed by atoms with van der Waals surface area (Å²) in [6.45, 7) is 2.19. The fraction of sp³-hybridized carbons (Fsp3) is 0.167. The number of carbonyl (C=O) groups excluding carboxylic acids is 1. The van der Waals surface area contributed by atoms with Crippen LogP contribution in [0.1, 0.15) is 11.1 Å². The topological polar surface area (TPSA) is 95.7 Å². The molecule has 132 valence electrons. The summed E-state index contributed by atoms with van der Waals surface area (Å²) in [6, 6.07) is 13.4. The lowest BCUT2D eigenvalue weighted by atomic mass is 10.1. The molecular formula is C18H19NO5S. The van der Waals surface area contributed by atoms with Crippen LogP contribution in [0.2, 0.25) is 0 Å². The zero-order valence-electron chi connectivity index (χ0n) is 13.7. The van der Waals surface area contributed by atoms with E-state index in [-0.39, 0.29) is 18.1 Å². The molecule has 7 heteroatoms. The smallest absolute Gasteiger partial charge is 0.330 e. The highest BCUT2D eigenvalue weighted by molar-refractivity contribution is 7.89. The van der Waals surface area contributed by atoms with E-state index in [1.54, 1.807) is 6.08 Å². The van der Waals surface area contributed by atoms with E-state index in [2.05, 4.69) is 0 Å². The maximum atomic E-state index is 11.6. The molecule has 25 heavy (non-hydrogen) atoms. The summed E-state index contributed by atoms with van der Waals surface area (Å²) in [5, 5.41) is 5.01. The maximum Gasteiger partial charge on any atom is 0.330 e. The molecule has 0 aliphatic carbocycles. The SMILES string of the molecule is Cc1ccccc1/C=C/C(=O)OCCOc1ccc(S(N)(=O)=O)cc1. The summed E-state index contributed by atoms with van der Waals surface area (Å²) < 4.78 is 32.7. The van der Waals surface area contributed by atoms with Crippen LogP contribution in [0.25, 0.3) is 6.08 Å². The summed E-state index contributed by atoms with van der Waals surface area (Å²) in [5.74, 6) is -0.00433. The first-order chi connectivity index (χ1) is 11.9. The normalized spacial score (nSPS) is 11.4. The third kappa shape index (κ3) is 6.06. The van der Waals surface area contributed by atoms with Crippen molar-refractivity contribution in [2.75, 3.05) is 13.2 Å². The van der Waals surface area contributed by atoms with Gasteiger partial charge in [0, 0.05) is 6.08 Å². The Balaban J connectivity index is 1.75. The van der Waals surface area contributed by atoms with Crippen molar-refractivity contribution in [1.82, 2.24) is 0 Å². The van der Waals surface area contributed by atoms with E-state index in [4.69, 9.17) is 14.6 Å². The van der Waals surface area contributed by atoms with Crippen LogP contribution in [-0.4, -0.2) is 27.6 Å². The largest absolute Gasteiger partial charge is 0.490 e. The quantitative estimate of drug-likeness (QED) is 0.464. The van der Waals surface area contributed by atoms with Gasteiger partial charge in [0.05, 0.1) is 4.90 Å². The molecule has 0 saturated carbocycles. The van der Waals surface area contributed by atoms with Crippen molar-refractivity contribution in [2.24, 2.45) is 5.14 Å². The average molecular weight is 361 g/mol. The summed E-state index contributed by atoms with van der Waals surface area (Å²) in [5.41, 5.74) is 2.02. The molecule has 6 nitrogen and oxygen atoms in total. The first-order valence-electron chi connectivity index (χ1n) is 7.52. The fourth-order valence-corrected chi connectivity index (χ4v) is 2.52. The Kier molecular flexibility index (Phi) is 6.32. The number of nitrogens with two attached hydrogens (primary N) is 1. The number of carbonyl (C=O) groups is 1. The van der Waals surface area contributed by atoms with Crippen molar-refractivity contribution in [3.05, 3.63) is 65.7 Å². The van der Waals surface area contributed by atoms with E-state index in [0.717, 1.165) is 11.1 Å². The summed E-state index contributed by atoms with van der Waals surface area (Å²) in [7, 11) is -3.72. The van der Waals surface area contributed by atoms with Gasteiger partial charge in [0.2, 0.25) is 10.0 Å². The summed E-state index contributed by atoms with van der Waals surface area (Å²) in [4.78, 5) is 11.7. The van der Waals surface area contributed by atoms with Crippen molar-refractivity contribution in [3.8, 4) is 5.75 Å². The molecule has 0 aliphatic rings. The van der Waals surface area contributed by atoms with Crippen LogP contribution in [0, 0.1) is 6.92 Å². The highest BCUT2D eigenvalue weighted by Gasteiger charge is 2.07. The third-order valence-electron chi connectivity index (χ3n) is 3.34. The lowest BCUT2D eigenvalue weighted by molar-refractivity contribution is -0.138. The highest BCUT2D eigenvalue weighted by atomic mass is 32.2. The Morgan fingerprint density at radius 2 is 1.76 bits per heavy atom. The number of ether oxygens (including phenoxy) is 2. The van der Waals surface area contributed by atoms with Gasteiger partial charge >= 0.3 is 5.97 Å². The Hall–Kier alpha value is -2.64. The summed E-state index contributed by atoms with van der Waals surface area (Å²) >= 11 is 0. The Morgan fingerprint density at radius 3 is 2.40 bits per heavy atom. The molecule has 0 unspecified atom stereocenters. The molecule has 0 aromatic heterocycles. The van der Waals surface area contributed by atoms with Gasteiger partial charge in [-0.3, -0.25) is 0 Å². The highest BCUT2D eigenvalue weighted by Crippen LogP contribution is 2.14. The van der Waals surface area contributed by atoms with Crippen LogP contribution >= 0.6 is 0 Å². The molecule has 0 amide bonds. The molecule has 0 heterocycles. The second-order valence-electron chi connectivity index (χ2n) is 5.22. The van der Waals surface area contributed by atoms with E-state index < -0.39 is 16.0 Å². The Morgan fingerprint density at radius 1 is 1.08 bits per heavy atom. The van der Waals surface area contributed by atoms with Gasteiger partial charge in [0.1, 0.15) is 19.0 Å². The van der Waals surface area contributed by atoms with E-state index >= 15 is 0 Å². The molecule has 2 aromatic carbocycles. The van der Waals surface area contributed by atoms with Crippen LogP contribution in [0.15, 0.2) is 59.5 Å². The molecule has 0 atom stereocenters. The molecule has 0 bridgehead atoms. The van der Waals surface area contributed by atoms with Gasteiger partial charge < -0.3 is 9.47 Å². The molecule has 0 saturated heterocycles. The molecule has 0 aliphatic heterocycles. The lowest BCUT2D eigenvalue weighted by Crippen LogP contribution is -2.12. The first kappa shape index (κ1) is 18.7. The predicted octanol–water partition coefficient (Wildman–Crippen LogP) is 2.28. The van der Waals surface area contributed by atoms with Crippen LogP contribution in [0.5, 0.6) is 5.75 Å². The molecule has 2 aromatic rings. The van der Waals surface area contributed by atoms with E-state index in [0.29, 0.717) is 5.75 Å². The van der Waals surface area contributed by atoms with Gasteiger partial charge in [0.15, 0.2) is 0 Å². The molecule has 0 spiro atoms. The number of hydrogen-bond acceptors (Lipinski definition) is 5. The van der Waals surface area contributed by atoms with Gasteiger partial charge in [-0.1, -0.05) is 24.3 Å². The van der Waals surface area contributed by atoms with Crippen molar-refractivity contribution < 1.29 is 22.7 Å². The number of sulfonamides is 1. The van der Waals surface area contributed by atoms with Crippen LogP contribution < -0.4 is 9.88 Å². The standard InChI is InChI=1S/C18H19NO5S/c1-14-4-2-3-5-15(14)6-11-18(20)24-13-12-23-16-7-9-17(10-8-16)25(19,21)22/h2-11H,12-13H2,1H3,(H2,19,21,22)/b11-6+. The molecule has 0 radical (unpaired) electrons.